The number of anilines is 1. The van der Waals surface area contributed by atoms with Gasteiger partial charge in [0, 0.05) is 25.6 Å². The Morgan fingerprint density at radius 2 is 2.03 bits per heavy atom. The minimum atomic E-state index is -3.93. The van der Waals surface area contributed by atoms with Gasteiger partial charge in [0.05, 0.1) is 29.5 Å². The first-order valence-electron chi connectivity index (χ1n) is 11.6. The Hall–Kier alpha value is -3.53. The maximum absolute atomic E-state index is 14.7. The molecule has 2 aliphatic rings. The van der Waals surface area contributed by atoms with E-state index in [1.807, 2.05) is 6.07 Å². The third-order valence-electron chi connectivity index (χ3n) is 6.72. The van der Waals surface area contributed by atoms with Gasteiger partial charge in [0.1, 0.15) is 17.4 Å². The van der Waals surface area contributed by atoms with Crippen LogP contribution in [-0.2, 0) is 10.2 Å². The zero-order valence-corrected chi connectivity index (χ0v) is 20.5. The molecule has 5 rings (SSSR count). The number of aromatic nitrogens is 2. The molecule has 12 heteroatoms. The van der Waals surface area contributed by atoms with E-state index in [1.54, 1.807) is 31.3 Å². The summed E-state index contributed by atoms with van der Waals surface area (Å²) in [7, 11) is -2.54. The van der Waals surface area contributed by atoms with E-state index in [1.165, 1.54) is 13.1 Å². The highest BCUT2D eigenvalue weighted by molar-refractivity contribution is 7.90. The van der Waals surface area contributed by atoms with Crippen LogP contribution in [0, 0.1) is 34.9 Å². The molecule has 2 aromatic carbocycles. The van der Waals surface area contributed by atoms with Gasteiger partial charge >= 0.3 is 10.2 Å². The minimum Gasteiger partial charge on any atom is -0.476 e. The van der Waals surface area contributed by atoms with Crippen molar-refractivity contribution in [2.75, 3.05) is 38.0 Å². The summed E-state index contributed by atoms with van der Waals surface area (Å²) < 4.78 is 54.5. The number of benzene rings is 2. The van der Waals surface area contributed by atoms with Gasteiger partial charge in [-0.2, -0.15) is 18.0 Å². The zero-order chi connectivity index (χ0) is 25.4. The van der Waals surface area contributed by atoms with E-state index in [2.05, 4.69) is 20.0 Å². The van der Waals surface area contributed by atoms with Gasteiger partial charge in [0.2, 0.25) is 5.88 Å². The molecule has 0 radical (unpaired) electrons. The first-order valence-corrected chi connectivity index (χ1v) is 13.0. The summed E-state index contributed by atoms with van der Waals surface area (Å²) in [6.07, 6.45) is 1.57. The molecule has 10 nitrogen and oxygen atoms in total. The van der Waals surface area contributed by atoms with E-state index in [-0.39, 0.29) is 23.5 Å². The molecule has 1 aromatic heterocycles. The lowest BCUT2D eigenvalue weighted by atomic mass is 10.1. The second-order valence-corrected chi connectivity index (χ2v) is 10.6. The van der Waals surface area contributed by atoms with Gasteiger partial charge in [0.25, 0.3) is 0 Å². The Balaban J connectivity index is 1.38. The number of nitriles is 1. The third kappa shape index (κ3) is 4.65. The normalized spacial score (nSPS) is 20.7. The Labute approximate surface area is 208 Å². The number of fused-ring (bicyclic) bond motifs is 2. The summed E-state index contributed by atoms with van der Waals surface area (Å²) in [5.74, 6) is 1.26. The maximum atomic E-state index is 14.7. The predicted octanol–water partition coefficient (Wildman–Crippen LogP) is 2.89. The van der Waals surface area contributed by atoms with Gasteiger partial charge in [0.15, 0.2) is 11.6 Å². The molecule has 1 aliphatic heterocycles. The minimum absolute atomic E-state index is 0.0921. The molecule has 3 aromatic rings. The largest absolute Gasteiger partial charge is 0.476 e. The van der Waals surface area contributed by atoms with Crippen molar-refractivity contribution in [1.82, 2.24) is 19.6 Å². The van der Waals surface area contributed by atoms with Crippen LogP contribution in [0.5, 0.6) is 17.4 Å². The number of hydrogen-bond acceptors (Lipinski definition) is 8. The number of ether oxygens (including phenoxy) is 2. The van der Waals surface area contributed by atoms with Gasteiger partial charge in [-0.3, -0.25) is 4.72 Å². The third-order valence-corrected chi connectivity index (χ3v) is 8.28. The molecule has 2 fully saturated rings. The molecule has 188 valence electrons. The number of rotatable bonds is 9. The molecule has 0 unspecified atom stereocenters. The highest BCUT2D eigenvalue weighted by Gasteiger charge is 2.53. The molecular formula is C24H25FN6O4S. The second-order valence-electron chi connectivity index (χ2n) is 8.85. The summed E-state index contributed by atoms with van der Waals surface area (Å²) >= 11 is 0. The SMILES string of the molecule is CCN(C)S(=O)(=O)Nc1ccc(F)c(Oc2ccc3ncc(OC[C@H]4[C@@H]5CNC[C@@H]54)nc3c2)c1C#N. The number of nitrogens with zero attached hydrogens (tertiary/aromatic N) is 4. The van der Waals surface area contributed by atoms with Crippen LogP contribution in [0.4, 0.5) is 10.1 Å². The Kier molecular flexibility index (Phi) is 6.38. The fraction of sp³-hybridized carbons (Fsp3) is 0.375. The van der Waals surface area contributed by atoms with Gasteiger partial charge in [-0.05, 0) is 49.2 Å². The van der Waals surface area contributed by atoms with Gasteiger partial charge in [-0.15, -0.1) is 0 Å². The van der Waals surface area contributed by atoms with Crippen molar-refractivity contribution in [1.29, 1.82) is 5.26 Å². The smallest absolute Gasteiger partial charge is 0.301 e. The first-order chi connectivity index (χ1) is 17.3. The van der Waals surface area contributed by atoms with Crippen LogP contribution in [0.15, 0.2) is 36.5 Å². The standard InChI is InChI=1S/C24H25FN6O4S/c1-3-31(2)36(32,33)30-20-7-5-19(25)24(15(20)9-26)35-14-4-6-21-22(8-14)29-23(12-28-21)34-13-18-16-10-27-11-17(16)18/h4-8,12,16-18,27,30H,3,10-11,13H2,1-2H3/t16-,17+,18+. The van der Waals surface area contributed by atoms with Crippen molar-refractivity contribution in [3.05, 3.63) is 47.9 Å². The summed E-state index contributed by atoms with van der Waals surface area (Å²) in [5.41, 5.74) is 0.691. The predicted molar refractivity (Wildman–Crippen MR) is 130 cm³/mol. The van der Waals surface area contributed by atoms with Crippen LogP contribution in [0.2, 0.25) is 0 Å². The summed E-state index contributed by atoms with van der Waals surface area (Å²) in [5, 5.41) is 13.0. The molecule has 1 saturated carbocycles. The van der Waals surface area contributed by atoms with Crippen LogP contribution in [0.25, 0.3) is 11.0 Å². The molecule has 0 bridgehead atoms. The summed E-state index contributed by atoms with van der Waals surface area (Å²) in [6.45, 7) is 4.52. The average molecular weight is 513 g/mol. The van der Waals surface area contributed by atoms with Gasteiger partial charge < -0.3 is 14.8 Å². The first kappa shape index (κ1) is 24.2. The molecule has 36 heavy (non-hydrogen) atoms. The summed E-state index contributed by atoms with van der Waals surface area (Å²) in [4.78, 5) is 8.86. The van der Waals surface area contributed by atoms with Crippen LogP contribution in [0.3, 0.4) is 0 Å². The molecule has 0 spiro atoms. The molecule has 0 amide bonds. The van der Waals surface area contributed by atoms with E-state index in [4.69, 9.17) is 9.47 Å². The van der Waals surface area contributed by atoms with E-state index < -0.39 is 21.8 Å². The summed E-state index contributed by atoms with van der Waals surface area (Å²) in [6, 6.07) is 8.85. The fourth-order valence-electron chi connectivity index (χ4n) is 4.44. The van der Waals surface area contributed by atoms with Crippen molar-refractivity contribution in [2.24, 2.45) is 17.8 Å². The van der Waals surface area contributed by atoms with Crippen LogP contribution in [0.1, 0.15) is 12.5 Å². The van der Waals surface area contributed by atoms with Crippen molar-refractivity contribution in [3.63, 3.8) is 0 Å². The van der Waals surface area contributed by atoms with E-state index in [0.717, 1.165) is 23.5 Å². The average Bonchev–Trinajstić information content (AvgIpc) is 3.29. The highest BCUT2D eigenvalue weighted by Crippen LogP contribution is 2.48. The van der Waals surface area contributed by atoms with Crippen LogP contribution in [-0.4, -0.2) is 56.0 Å². The van der Waals surface area contributed by atoms with Crippen molar-refractivity contribution in [2.45, 2.75) is 6.92 Å². The zero-order valence-electron chi connectivity index (χ0n) is 19.7. The van der Waals surface area contributed by atoms with E-state index in [0.29, 0.717) is 41.3 Å². The van der Waals surface area contributed by atoms with E-state index in [9.17, 15) is 18.1 Å². The maximum Gasteiger partial charge on any atom is 0.301 e. The second kappa shape index (κ2) is 9.50. The topological polar surface area (TPSA) is 129 Å². The quantitative estimate of drug-likeness (QED) is 0.448. The lowest BCUT2D eigenvalue weighted by molar-refractivity contribution is 0.270. The number of nitrogens with one attached hydrogen (secondary N) is 2. The molecule has 2 N–H and O–H groups in total. The molecule has 1 aliphatic carbocycles. The fourth-order valence-corrected chi connectivity index (χ4v) is 5.38. The van der Waals surface area contributed by atoms with Crippen LogP contribution >= 0.6 is 0 Å². The highest BCUT2D eigenvalue weighted by atomic mass is 32.2. The van der Waals surface area contributed by atoms with Gasteiger partial charge in [-0.1, -0.05) is 6.92 Å². The Morgan fingerprint density at radius 3 is 2.75 bits per heavy atom. The molecule has 2 heterocycles. The molecule has 3 atom stereocenters. The number of halogens is 1. The van der Waals surface area contributed by atoms with E-state index >= 15 is 0 Å². The van der Waals surface area contributed by atoms with Crippen molar-refractivity contribution < 1.29 is 22.3 Å². The lowest BCUT2D eigenvalue weighted by Gasteiger charge is -2.18. The number of hydrogen-bond donors (Lipinski definition) is 2. The molecule has 1 saturated heterocycles. The molecular weight excluding hydrogens is 487 g/mol. The number of piperidine rings is 1. The van der Waals surface area contributed by atoms with Gasteiger partial charge in [-0.25, -0.2) is 14.4 Å². The lowest BCUT2D eigenvalue weighted by Crippen LogP contribution is -2.32. The Bertz CT molecular complexity index is 1450. The Morgan fingerprint density at radius 1 is 1.25 bits per heavy atom. The van der Waals surface area contributed by atoms with Crippen molar-refractivity contribution in [3.8, 4) is 23.4 Å². The van der Waals surface area contributed by atoms with Crippen molar-refractivity contribution >= 4 is 26.9 Å². The van der Waals surface area contributed by atoms with Crippen LogP contribution < -0.4 is 19.5 Å². The monoisotopic (exact) mass is 512 g/mol.